The van der Waals surface area contributed by atoms with Crippen molar-refractivity contribution in [2.75, 3.05) is 12.4 Å². The number of allylic oxidation sites excluding steroid dienone is 4. The maximum absolute atomic E-state index is 12.6. The monoisotopic (exact) mass is 395 g/mol. The lowest BCUT2D eigenvalue weighted by Gasteiger charge is -2.32. The fraction of sp³-hybridized carbons (Fsp3) is 0.500. The quantitative estimate of drug-likeness (QED) is 0.712. The first-order valence-electron chi connectivity index (χ1n) is 10.5. The predicted molar refractivity (Wildman–Crippen MR) is 118 cm³/mol. The third-order valence-corrected chi connectivity index (χ3v) is 6.27. The van der Waals surface area contributed by atoms with Crippen molar-refractivity contribution in [3.05, 3.63) is 53.1 Å². The van der Waals surface area contributed by atoms with Gasteiger partial charge in [0.2, 0.25) is 11.8 Å². The molecular weight excluding hydrogens is 362 g/mol. The highest BCUT2D eigenvalue weighted by Gasteiger charge is 2.59. The Bertz CT molecular complexity index is 853. The SMILES string of the molecule is CNC(=O)[C@@H]1C[C@]2(C/C=C(\C)CCC=C(C)C)c3ccccc3N[C@@H]2N1C(C)=O. The molecule has 1 aromatic carbocycles. The van der Waals surface area contributed by atoms with Crippen LogP contribution in [0.3, 0.4) is 0 Å². The summed E-state index contributed by atoms with van der Waals surface area (Å²) in [6, 6.07) is 7.80. The Kier molecular flexibility index (Phi) is 6.15. The van der Waals surface area contributed by atoms with Gasteiger partial charge in [-0.3, -0.25) is 9.59 Å². The molecule has 1 saturated heterocycles. The van der Waals surface area contributed by atoms with Crippen LogP contribution in [0, 0.1) is 0 Å². The molecule has 2 amide bonds. The predicted octanol–water partition coefficient (Wildman–Crippen LogP) is 4.13. The minimum absolute atomic E-state index is 0.0740. The molecule has 5 nitrogen and oxygen atoms in total. The molecule has 1 fully saturated rings. The van der Waals surface area contributed by atoms with E-state index < -0.39 is 6.04 Å². The Morgan fingerprint density at radius 2 is 1.93 bits per heavy atom. The van der Waals surface area contributed by atoms with E-state index in [9.17, 15) is 9.59 Å². The summed E-state index contributed by atoms with van der Waals surface area (Å²) >= 11 is 0. The highest BCUT2D eigenvalue weighted by molar-refractivity contribution is 5.89. The fourth-order valence-electron chi connectivity index (χ4n) is 4.80. The van der Waals surface area contributed by atoms with Crippen LogP contribution in [0.2, 0.25) is 0 Å². The van der Waals surface area contributed by atoms with Gasteiger partial charge in [-0.1, -0.05) is 41.5 Å². The van der Waals surface area contributed by atoms with Crippen LogP contribution in [0.1, 0.15) is 58.9 Å². The minimum atomic E-state index is -0.456. The minimum Gasteiger partial charge on any atom is -0.364 e. The van der Waals surface area contributed by atoms with Gasteiger partial charge in [-0.15, -0.1) is 0 Å². The standard InChI is InChI=1S/C24H33N3O2/c1-16(2)9-8-10-17(3)13-14-24-15-21(22(29)25-5)27(18(4)28)23(24)26-20-12-7-6-11-19(20)24/h6-7,9,11-13,21,23,26H,8,10,14-15H2,1-5H3,(H,25,29)/b17-13+/t21-,23+,24+/m0/s1. The average molecular weight is 396 g/mol. The van der Waals surface area contributed by atoms with Gasteiger partial charge < -0.3 is 15.5 Å². The molecule has 2 aliphatic rings. The highest BCUT2D eigenvalue weighted by Crippen LogP contribution is 2.53. The van der Waals surface area contributed by atoms with E-state index in [1.807, 2.05) is 12.1 Å². The second kappa shape index (κ2) is 8.44. The van der Waals surface area contributed by atoms with Gasteiger partial charge in [0.1, 0.15) is 12.2 Å². The second-order valence-electron chi connectivity index (χ2n) is 8.58. The molecule has 0 radical (unpaired) electrons. The molecule has 3 atom stereocenters. The van der Waals surface area contributed by atoms with Gasteiger partial charge in [-0.2, -0.15) is 0 Å². The summed E-state index contributed by atoms with van der Waals surface area (Å²) in [5, 5.41) is 6.29. The van der Waals surface area contributed by atoms with Crippen LogP contribution in [0.15, 0.2) is 47.6 Å². The average Bonchev–Trinajstić information content (AvgIpc) is 3.16. The summed E-state index contributed by atoms with van der Waals surface area (Å²) in [5.41, 5.74) is 4.66. The number of para-hydroxylation sites is 1. The van der Waals surface area contributed by atoms with Crippen molar-refractivity contribution in [3.8, 4) is 0 Å². The lowest BCUT2D eigenvalue weighted by Crippen LogP contribution is -2.50. The summed E-state index contributed by atoms with van der Waals surface area (Å²) in [6.45, 7) is 7.97. The van der Waals surface area contributed by atoms with Crippen molar-refractivity contribution in [3.63, 3.8) is 0 Å². The van der Waals surface area contributed by atoms with Crippen molar-refractivity contribution < 1.29 is 9.59 Å². The van der Waals surface area contributed by atoms with Crippen LogP contribution in [-0.4, -0.2) is 36.0 Å². The van der Waals surface area contributed by atoms with Gasteiger partial charge in [-0.25, -0.2) is 0 Å². The summed E-state index contributed by atoms with van der Waals surface area (Å²) in [5.74, 6) is -0.174. The lowest BCUT2D eigenvalue weighted by molar-refractivity contribution is -0.138. The molecular formula is C24H33N3O2. The van der Waals surface area contributed by atoms with Crippen LogP contribution < -0.4 is 10.6 Å². The molecule has 0 aromatic heterocycles. The van der Waals surface area contributed by atoms with E-state index in [0.29, 0.717) is 6.42 Å². The molecule has 0 unspecified atom stereocenters. The zero-order chi connectivity index (χ0) is 21.2. The Labute approximate surface area is 174 Å². The molecule has 29 heavy (non-hydrogen) atoms. The van der Waals surface area contributed by atoms with Crippen LogP contribution in [-0.2, 0) is 15.0 Å². The number of hydrogen-bond donors (Lipinski definition) is 2. The normalized spacial score (nSPS) is 25.1. The van der Waals surface area contributed by atoms with Gasteiger partial charge in [0, 0.05) is 25.1 Å². The first kappa shape index (κ1) is 21.2. The second-order valence-corrected chi connectivity index (χ2v) is 8.58. The summed E-state index contributed by atoms with van der Waals surface area (Å²) in [6.07, 6.45) is 7.85. The van der Waals surface area contributed by atoms with Crippen molar-refractivity contribution >= 4 is 17.5 Å². The third-order valence-electron chi connectivity index (χ3n) is 6.27. The molecule has 0 bridgehead atoms. The number of nitrogens with zero attached hydrogens (tertiary/aromatic N) is 1. The number of benzene rings is 1. The Hall–Kier alpha value is -2.56. The Balaban J connectivity index is 1.95. The maximum Gasteiger partial charge on any atom is 0.242 e. The molecule has 1 aromatic rings. The van der Waals surface area contributed by atoms with E-state index in [2.05, 4.69) is 55.7 Å². The van der Waals surface area contributed by atoms with E-state index in [1.54, 1.807) is 18.9 Å². The Morgan fingerprint density at radius 3 is 2.59 bits per heavy atom. The van der Waals surface area contributed by atoms with Gasteiger partial charge in [0.15, 0.2) is 0 Å². The number of likely N-dealkylation sites (N-methyl/N-ethyl adjacent to an activating group) is 1. The fourth-order valence-corrected chi connectivity index (χ4v) is 4.80. The van der Waals surface area contributed by atoms with Crippen molar-refractivity contribution in [1.82, 2.24) is 10.2 Å². The molecule has 0 aliphatic carbocycles. The van der Waals surface area contributed by atoms with Gasteiger partial charge in [0.05, 0.1) is 0 Å². The first-order chi connectivity index (χ1) is 13.8. The molecule has 5 heteroatoms. The summed E-state index contributed by atoms with van der Waals surface area (Å²) < 4.78 is 0. The number of fused-ring (bicyclic) bond motifs is 3. The topological polar surface area (TPSA) is 61.4 Å². The van der Waals surface area contributed by atoms with Crippen LogP contribution in [0.5, 0.6) is 0 Å². The zero-order valence-corrected chi connectivity index (χ0v) is 18.2. The largest absolute Gasteiger partial charge is 0.364 e. The summed E-state index contributed by atoms with van der Waals surface area (Å²) in [7, 11) is 1.64. The molecule has 156 valence electrons. The molecule has 0 saturated carbocycles. The number of carbonyl (C=O) groups excluding carboxylic acids is 2. The number of anilines is 1. The smallest absolute Gasteiger partial charge is 0.242 e. The van der Waals surface area contributed by atoms with Crippen LogP contribution in [0.25, 0.3) is 0 Å². The van der Waals surface area contributed by atoms with E-state index in [1.165, 1.54) is 16.7 Å². The van der Waals surface area contributed by atoms with E-state index >= 15 is 0 Å². The maximum atomic E-state index is 12.6. The van der Waals surface area contributed by atoms with E-state index in [0.717, 1.165) is 24.9 Å². The molecule has 0 spiro atoms. The Morgan fingerprint density at radius 1 is 1.21 bits per heavy atom. The zero-order valence-electron chi connectivity index (χ0n) is 18.2. The van der Waals surface area contributed by atoms with Crippen molar-refractivity contribution in [2.24, 2.45) is 0 Å². The van der Waals surface area contributed by atoms with E-state index in [-0.39, 0.29) is 23.4 Å². The number of likely N-dealkylation sites (tertiary alicyclic amines) is 1. The highest BCUT2D eigenvalue weighted by atomic mass is 16.2. The van der Waals surface area contributed by atoms with Crippen molar-refractivity contribution in [1.29, 1.82) is 0 Å². The van der Waals surface area contributed by atoms with E-state index in [4.69, 9.17) is 0 Å². The number of hydrogen-bond acceptors (Lipinski definition) is 3. The number of carbonyl (C=O) groups is 2. The third kappa shape index (κ3) is 3.96. The van der Waals surface area contributed by atoms with Crippen molar-refractivity contribution in [2.45, 2.75) is 71.0 Å². The molecule has 2 heterocycles. The lowest BCUT2D eigenvalue weighted by atomic mass is 9.75. The number of amides is 2. The van der Waals surface area contributed by atoms with Gasteiger partial charge in [0.25, 0.3) is 0 Å². The number of nitrogens with one attached hydrogen (secondary N) is 2. The molecule has 2 aliphatic heterocycles. The van der Waals surface area contributed by atoms with Gasteiger partial charge in [-0.05, 0) is 58.1 Å². The van der Waals surface area contributed by atoms with Crippen LogP contribution in [0.4, 0.5) is 5.69 Å². The van der Waals surface area contributed by atoms with Crippen LogP contribution >= 0.6 is 0 Å². The van der Waals surface area contributed by atoms with Gasteiger partial charge >= 0.3 is 0 Å². The number of rotatable bonds is 6. The summed E-state index contributed by atoms with van der Waals surface area (Å²) in [4.78, 5) is 26.9. The molecule has 3 rings (SSSR count). The molecule has 2 N–H and O–H groups in total. The first-order valence-corrected chi connectivity index (χ1v) is 10.5.